The number of aliphatic hydroxyl groups is 1. The summed E-state index contributed by atoms with van der Waals surface area (Å²) in [6.45, 7) is 6.49. The van der Waals surface area contributed by atoms with E-state index in [1.807, 2.05) is 51.1 Å². The van der Waals surface area contributed by atoms with Crippen molar-refractivity contribution in [1.82, 2.24) is 4.90 Å². The van der Waals surface area contributed by atoms with E-state index in [9.17, 15) is 4.79 Å². The van der Waals surface area contributed by atoms with E-state index in [1.54, 1.807) is 4.90 Å². The zero-order chi connectivity index (χ0) is 15.1. The van der Waals surface area contributed by atoms with Crippen molar-refractivity contribution >= 4 is 5.91 Å². The molecule has 1 aromatic rings. The normalized spacial score (nSPS) is 14.1. The molecule has 2 unspecified atom stereocenters. The van der Waals surface area contributed by atoms with E-state index < -0.39 is 0 Å². The third kappa shape index (κ3) is 4.32. The van der Waals surface area contributed by atoms with Crippen molar-refractivity contribution in [3.05, 3.63) is 35.9 Å². The number of nitrogens with two attached hydrogens (primary N) is 1. The van der Waals surface area contributed by atoms with Gasteiger partial charge in [-0.15, -0.1) is 0 Å². The van der Waals surface area contributed by atoms with Crippen LogP contribution in [0.3, 0.4) is 0 Å². The van der Waals surface area contributed by atoms with E-state index in [0.29, 0.717) is 13.0 Å². The molecule has 2 atom stereocenters. The monoisotopic (exact) mass is 278 g/mol. The SMILES string of the molecule is CC(C(=O)N(CCCO)C(C)C)C(N)c1ccccc1. The van der Waals surface area contributed by atoms with E-state index in [4.69, 9.17) is 10.8 Å². The lowest BCUT2D eigenvalue weighted by Crippen LogP contribution is -2.43. The molecule has 0 saturated carbocycles. The third-order valence-electron chi connectivity index (χ3n) is 3.58. The van der Waals surface area contributed by atoms with Crippen LogP contribution in [0.25, 0.3) is 0 Å². The van der Waals surface area contributed by atoms with E-state index in [1.165, 1.54) is 0 Å². The van der Waals surface area contributed by atoms with Crippen LogP contribution in [-0.4, -0.2) is 35.1 Å². The van der Waals surface area contributed by atoms with Crippen LogP contribution in [0.4, 0.5) is 0 Å². The van der Waals surface area contributed by atoms with Crippen LogP contribution < -0.4 is 5.73 Å². The number of benzene rings is 1. The number of nitrogens with zero attached hydrogens (tertiary/aromatic N) is 1. The Labute approximate surface area is 121 Å². The molecule has 4 nitrogen and oxygen atoms in total. The molecule has 0 spiro atoms. The van der Waals surface area contributed by atoms with Gasteiger partial charge in [-0.05, 0) is 25.8 Å². The topological polar surface area (TPSA) is 66.6 Å². The highest BCUT2D eigenvalue weighted by atomic mass is 16.3. The molecular formula is C16H26N2O2. The molecule has 0 aliphatic rings. The highest BCUT2D eigenvalue weighted by Gasteiger charge is 2.27. The zero-order valence-electron chi connectivity index (χ0n) is 12.6. The van der Waals surface area contributed by atoms with Crippen LogP contribution in [0, 0.1) is 5.92 Å². The summed E-state index contributed by atoms with van der Waals surface area (Å²) < 4.78 is 0. The standard InChI is InChI=1S/C16H26N2O2/c1-12(2)18(10-7-11-19)16(20)13(3)15(17)14-8-5-4-6-9-14/h4-6,8-9,12-13,15,19H,7,10-11,17H2,1-3H3. The molecule has 0 radical (unpaired) electrons. The van der Waals surface area contributed by atoms with Gasteiger partial charge in [-0.2, -0.15) is 0 Å². The Kier molecular flexibility index (Phi) is 6.68. The van der Waals surface area contributed by atoms with Gasteiger partial charge in [-0.25, -0.2) is 0 Å². The summed E-state index contributed by atoms with van der Waals surface area (Å²) in [7, 11) is 0. The van der Waals surface area contributed by atoms with Crippen molar-refractivity contribution in [2.45, 2.75) is 39.3 Å². The minimum absolute atomic E-state index is 0.0461. The number of aliphatic hydroxyl groups excluding tert-OH is 1. The quantitative estimate of drug-likeness (QED) is 0.801. The molecule has 1 aromatic carbocycles. The molecular weight excluding hydrogens is 252 g/mol. The second-order valence-electron chi connectivity index (χ2n) is 5.43. The molecule has 0 saturated heterocycles. The van der Waals surface area contributed by atoms with Gasteiger partial charge in [-0.3, -0.25) is 4.79 Å². The van der Waals surface area contributed by atoms with Gasteiger partial charge in [0.25, 0.3) is 0 Å². The summed E-state index contributed by atoms with van der Waals surface area (Å²) in [5.41, 5.74) is 7.18. The first-order chi connectivity index (χ1) is 9.49. The molecule has 4 heteroatoms. The van der Waals surface area contributed by atoms with Crippen LogP contribution in [0.15, 0.2) is 30.3 Å². The Hall–Kier alpha value is -1.39. The Morgan fingerprint density at radius 3 is 2.35 bits per heavy atom. The first kappa shape index (κ1) is 16.7. The molecule has 20 heavy (non-hydrogen) atoms. The first-order valence-corrected chi connectivity index (χ1v) is 7.21. The van der Waals surface area contributed by atoms with Crippen LogP contribution in [0.1, 0.15) is 38.8 Å². The van der Waals surface area contributed by atoms with Gasteiger partial charge in [0, 0.05) is 25.2 Å². The number of carbonyl (C=O) groups is 1. The Bertz CT molecular complexity index is 406. The van der Waals surface area contributed by atoms with E-state index in [-0.39, 0.29) is 30.5 Å². The van der Waals surface area contributed by atoms with Gasteiger partial charge in [0.15, 0.2) is 0 Å². The second kappa shape index (κ2) is 8.02. The predicted octanol–water partition coefficient (Wildman–Crippen LogP) is 1.94. The molecule has 1 rings (SSSR count). The molecule has 112 valence electrons. The number of amides is 1. The molecule has 0 fully saturated rings. The summed E-state index contributed by atoms with van der Waals surface area (Å²) in [6, 6.07) is 9.49. The van der Waals surface area contributed by atoms with Crippen molar-refractivity contribution in [1.29, 1.82) is 0 Å². The van der Waals surface area contributed by atoms with Crippen molar-refractivity contribution in [2.75, 3.05) is 13.2 Å². The van der Waals surface area contributed by atoms with Crippen LogP contribution in [0.5, 0.6) is 0 Å². The van der Waals surface area contributed by atoms with Gasteiger partial charge in [0.2, 0.25) is 5.91 Å². The maximum absolute atomic E-state index is 12.6. The van der Waals surface area contributed by atoms with Gasteiger partial charge in [-0.1, -0.05) is 37.3 Å². The Morgan fingerprint density at radius 1 is 1.25 bits per heavy atom. The summed E-state index contributed by atoms with van der Waals surface area (Å²) >= 11 is 0. The lowest BCUT2D eigenvalue weighted by atomic mass is 9.93. The minimum Gasteiger partial charge on any atom is -0.396 e. The Balaban J connectivity index is 2.78. The fraction of sp³-hybridized carbons (Fsp3) is 0.562. The van der Waals surface area contributed by atoms with Gasteiger partial charge < -0.3 is 15.7 Å². The first-order valence-electron chi connectivity index (χ1n) is 7.21. The Morgan fingerprint density at radius 2 is 1.85 bits per heavy atom. The minimum atomic E-state index is -0.306. The molecule has 0 bridgehead atoms. The lowest BCUT2D eigenvalue weighted by Gasteiger charge is -2.31. The molecule has 0 heterocycles. The summed E-state index contributed by atoms with van der Waals surface area (Å²) in [5, 5.41) is 8.94. The molecule has 0 aliphatic heterocycles. The average Bonchev–Trinajstić information content (AvgIpc) is 2.46. The molecule has 1 amide bonds. The summed E-state index contributed by atoms with van der Waals surface area (Å²) in [6.07, 6.45) is 0.594. The van der Waals surface area contributed by atoms with Gasteiger partial charge in [0.1, 0.15) is 0 Å². The third-order valence-corrected chi connectivity index (χ3v) is 3.58. The lowest BCUT2D eigenvalue weighted by molar-refractivity contribution is -0.137. The zero-order valence-corrected chi connectivity index (χ0v) is 12.6. The highest BCUT2D eigenvalue weighted by Crippen LogP contribution is 2.22. The van der Waals surface area contributed by atoms with E-state index in [2.05, 4.69) is 0 Å². The smallest absolute Gasteiger partial charge is 0.227 e. The molecule has 0 aromatic heterocycles. The summed E-state index contributed by atoms with van der Waals surface area (Å²) in [5.74, 6) is -0.233. The molecule has 0 aliphatic carbocycles. The fourth-order valence-corrected chi connectivity index (χ4v) is 2.24. The van der Waals surface area contributed by atoms with Crippen LogP contribution >= 0.6 is 0 Å². The van der Waals surface area contributed by atoms with Crippen LogP contribution in [-0.2, 0) is 4.79 Å². The maximum Gasteiger partial charge on any atom is 0.227 e. The molecule has 3 N–H and O–H groups in total. The number of hydrogen-bond donors (Lipinski definition) is 2. The summed E-state index contributed by atoms with van der Waals surface area (Å²) in [4.78, 5) is 14.4. The average molecular weight is 278 g/mol. The van der Waals surface area contributed by atoms with Gasteiger partial charge >= 0.3 is 0 Å². The largest absolute Gasteiger partial charge is 0.396 e. The number of hydrogen-bond acceptors (Lipinski definition) is 3. The van der Waals surface area contributed by atoms with Crippen molar-refractivity contribution < 1.29 is 9.90 Å². The van der Waals surface area contributed by atoms with Crippen molar-refractivity contribution in [3.63, 3.8) is 0 Å². The number of rotatable bonds is 7. The maximum atomic E-state index is 12.6. The highest BCUT2D eigenvalue weighted by molar-refractivity contribution is 5.79. The van der Waals surface area contributed by atoms with Gasteiger partial charge in [0.05, 0.1) is 5.92 Å². The van der Waals surface area contributed by atoms with Crippen molar-refractivity contribution in [2.24, 2.45) is 11.7 Å². The predicted molar refractivity (Wildman–Crippen MR) is 81.1 cm³/mol. The van der Waals surface area contributed by atoms with E-state index in [0.717, 1.165) is 5.56 Å². The second-order valence-corrected chi connectivity index (χ2v) is 5.43. The van der Waals surface area contributed by atoms with E-state index >= 15 is 0 Å². The number of carbonyl (C=O) groups excluding carboxylic acids is 1. The fourth-order valence-electron chi connectivity index (χ4n) is 2.24. The van der Waals surface area contributed by atoms with Crippen LogP contribution in [0.2, 0.25) is 0 Å². The van der Waals surface area contributed by atoms with Crippen molar-refractivity contribution in [3.8, 4) is 0 Å².